The van der Waals surface area contributed by atoms with Crippen LogP contribution in [0, 0.1) is 11.8 Å². The minimum absolute atomic E-state index is 0.0261. The van der Waals surface area contributed by atoms with E-state index in [1.165, 1.54) is 16.7 Å². The summed E-state index contributed by atoms with van der Waals surface area (Å²) in [4.78, 5) is 31.8. The third-order valence-corrected chi connectivity index (χ3v) is 7.22. The maximum absolute atomic E-state index is 12.3. The Labute approximate surface area is 158 Å². The molecule has 2 aromatic rings. The molecule has 3 atom stereocenters. The highest BCUT2D eigenvalue weighted by atomic mass is 32.2. The fraction of sp³-hybridized carbons (Fsp3) is 0.471. The second-order valence-corrected chi connectivity index (χ2v) is 8.57. The highest BCUT2D eigenvalue weighted by Gasteiger charge is 2.57. The number of carbonyl (C=O) groups excluding carboxylic acids is 1. The van der Waals surface area contributed by atoms with Gasteiger partial charge in [0.1, 0.15) is 16.4 Å². The van der Waals surface area contributed by atoms with Crippen LogP contribution in [0.1, 0.15) is 19.2 Å². The second kappa shape index (κ2) is 6.71. The third-order valence-electron chi connectivity index (χ3n) is 5.13. The Balaban J connectivity index is 1.50. The van der Waals surface area contributed by atoms with Crippen molar-refractivity contribution in [1.29, 1.82) is 0 Å². The number of carbonyl (C=O) groups is 2. The van der Waals surface area contributed by atoms with Crippen molar-refractivity contribution in [1.82, 2.24) is 14.3 Å². The van der Waals surface area contributed by atoms with Crippen molar-refractivity contribution >= 4 is 39.8 Å². The molecule has 2 N–H and O–H groups in total. The standard InChI is InChI=1S/C17H19N3O4S2/c1-9-13-10(2-5-21)16(22)20(13)14(17(23)24)15(9)26-6-3-11-18-8-12-19(11)4-7-25-12/h4,7-10,13,21H,2-3,5-6H2,1H3,(H,23,24)/t9-,10-,13+/m1/s1. The first-order valence-corrected chi connectivity index (χ1v) is 10.3. The summed E-state index contributed by atoms with van der Waals surface area (Å²) >= 11 is 3.13. The Bertz CT molecular complexity index is 903. The number of aliphatic hydroxyl groups excluding tert-OH is 1. The normalized spacial score (nSPS) is 25.1. The van der Waals surface area contributed by atoms with E-state index in [4.69, 9.17) is 5.11 Å². The van der Waals surface area contributed by atoms with Gasteiger partial charge in [-0.2, -0.15) is 0 Å². The van der Waals surface area contributed by atoms with Crippen LogP contribution in [0.4, 0.5) is 0 Å². The third kappa shape index (κ3) is 2.57. The number of amides is 1. The largest absolute Gasteiger partial charge is 0.477 e. The van der Waals surface area contributed by atoms with Crippen molar-refractivity contribution in [2.45, 2.75) is 25.8 Å². The molecule has 0 saturated carbocycles. The van der Waals surface area contributed by atoms with Crippen LogP contribution in [0.5, 0.6) is 0 Å². The van der Waals surface area contributed by atoms with Crippen molar-refractivity contribution in [2.75, 3.05) is 12.4 Å². The predicted octanol–water partition coefficient (Wildman–Crippen LogP) is 1.83. The molecular formula is C17H19N3O4S2. The van der Waals surface area contributed by atoms with Crippen LogP contribution < -0.4 is 0 Å². The first kappa shape index (κ1) is 17.6. The minimum Gasteiger partial charge on any atom is -0.477 e. The van der Waals surface area contributed by atoms with Crippen LogP contribution in [0.15, 0.2) is 28.4 Å². The zero-order valence-electron chi connectivity index (χ0n) is 14.2. The van der Waals surface area contributed by atoms with Gasteiger partial charge in [-0.3, -0.25) is 9.20 Å². The van der Waals surface area contributed by atoms with E-state index in [1.807, 2.05) is 29.1 Å². The van der Waals surface area contributed by atoms with E-state index in [0.717, 1.165) is 22.0 Å². The van der Waals surface area contributed by atoms with Crippen molar-refractivity contribution in [3.05, 3.63) is 34.2 Å². The first-order chi connectivity index (χ1) is 12.5. The van der Waals surface area contributed by atoms with Gasteiger partial charge in [-0.15, -0.1) is 23.1 Å². The highest BCUT2D eigenvalue weighted by Crippen LogP contribution is 2.50. The van der Waals surface area contributed by atoms with Gasteiger partial charge in [0.05, 0.1) is 18.2 Å². The SMILES string of the molecule is C[C@H]1C(SCCc2ncc3sccn23)=C(C(=O)O)N2C(=O)[C@H](CCO)[C@H]12. The molecule has 7 nitrogen and oxygen atoms in total. The molecule has 9 heteroatoms. The number of carboxylic acid groups (broad SMARTS) is 1. The number of rotatable bonds is 7. The number of imidazole rings is 1. The van der Waals surface area contributed by atoms with Crippen LogP contribution in [0.2, 0.25) is 0 Å². The average molecular weight is 393 g/mol. The Morgan fingerprint density at radius 1 is 1.46 bits per heavy atom. The lowest BCUT2D eigenvalue weighted by Crippen LogP contribution is -2.60. The van der Waals surface area contributed by atoms with Crippen molar-refractivity contribution in [2.24, 2.45) is 11.8 Å². The van der Waals surface area contributed by atoms with Gasteiger partial charge < -0.3 is 15.1 Å². The molecule has 0 bridgehead atoms. The molecule has 0 unspecified atom stereocenters. The number of carboxylic acids is 1. The minimum atomic E-state index is -1.06. The van der Waals surface area contributed by atoms with Crippen LogP contribution >= 0.6 is 23.1 Å². The van der Waals surface area contributed by atoms with Gasteiger partial charge in [-0.25, -0.2) is 9.78 Å². The van der Waals surface area contributed by atoms with E-state index in [1.54, 1.807) is 11.3 Å². The topological polar surface area (TPSA) is 95.1 Å². The highest BCUT2D eigenvalue weighted by molar-refractivity contribution is 8.03. The fourth-order valence-corrected chi connectivity index (χ4v) is 5.90. The number of hydrogen-bond acceptors (Lipinski definition) is 6. The maximum Gasteiger partial charge on any atom is 0.353 e. The number of nitrogens with zero attached hydrogens (tertiary/aromatic N) is 3. The number of aryl methyl sites for hydroxylation is 1. The van der Waals surface area contributed by atoms with Crippen molar-refractivity contribution in [3.8, 4) is 0 Å². The lowest BCUT2D eigenvalue weighted by molar-refractivity contribution is -0.157. The van der Waals surface area contributed by atoms with Gasteiger partial charge >= 0.3 is 5.97 Å². The van der Waals surface area contributed by atoms with Gasteiger partial charge in [0.15, 0.2) is 0 Å². The number of fused-ring (bicyclic) bond motifs is 2. The molecule has 0 spiro atoms. The molecule has 1 fully saturated rings. The summed E-state index contributed by atoms with van der Waals surface area (Å²) in [5, 5.41) is 20.8. The number of hydrogen-bond donors (Lipinski definition) is 2. The van der Waals surface area contributed by atoms with Gasteiger partial charge in [-0.1, -0.05) is 6.92 Å². The number of aromatic nitrogens is 2. The van der Waals surface area contributed by atoms with E-state index >= 15 is 0 Å². The molecule has 2 aromatic heterocycles. The first-order valence-electron chi connectivity index (χ1n) is 8.48. The van der Waals surface area contributed by atoms with Crippen molar-refractivity contribution in [3.63, 3.8) is 0 Å². The number of thiazole rings is 1. The second-order valence-electron chi connectivity index (χ2n) is 6.51. The van der Waals surface area contributed by atoms with Gasteiger partial charge in [0.25, 0.3) is 0 Å². The Kier molecular flexibility index (Phi) is 4.54. The number of thioether (sulfide) groups is 1. The fourth-order valence-electron chi connectivity index (χ4n) is 3.96. The van der Waals surface area contributed by atoms with E-state index in [-0.39, 0.29) is 36.1 Å². The van der Waals surface area contributed by atoms with Crippen LogP contribution in [-0.4, -0.2) is 54.8 Å². The average Bonchev–Trinajstić information content (AvgIpc) is 3.27. The van der Waals surface area contributed by atoms with Crippen molar-refractivity contribution < 1.29 is 19.8 Å². The summed E-state index contributed by atoms with van der Waals surface area (Å²) in [7, 11) is 0. The Hall–Kier alpha value is -1.84. The van der Waals surface area contributed by atoms with E-state index in [2.05, 4.69) is 4.98 Å². The molecule has 0 aromatic carbocycles. The molecule has 4 rings (SSSR count). The summed E-state index contributed by atoms with van der Waals surface area (Å²) in [5.41, 5.74) is 0.121. The van der Waals surface area contributed by atoms with E-state index in [9.17, 15) is 14.7 Å². The van der Waals surface area contributed by atoms with Gasteiger partial charge in [-0.05, 0) is 6.42 Å². The summed E-state index contributed by atoms with van der Waals surface area (Å²) in [5.74, 6) is 0.109. The zero-order chi connectivity index (χ0) is 18.4. The summed E-state index contributed by atoms with van der Waals surface area (Å²) in [6.45, 7) is 1.91. The summed E-state index contributed by atoms with van der Waals surface area (Å²) in [6, 6.07) is -0.141. The molecule has 1 saturated heterocycles. The monoisotopic (exact) mass is 393 g/mol. The van der Waals surface area contributed by atoms with E-state index in [0.29, 0.717) is 12.2 Å². The summed E-state index contributed by atoms with van der Waals surface area (Å²) < 4.78 is 2.05. The molecule has 4 heterocycles. The van der Waals surface area contributed by atoms with Crippen LogP contribution in [0.3, 0.4) is 0 Å². The molecule has 0 aliphatic carbocycles. The van der Waals surface area contributed by atoms with Gasteiger partial charge in [0, 0.05) is 41.2 Å². The smallest absolute Gasteiger partial charge is 0.353 e. The summed E-state index contributed by atoms with van der Waals surface area (Å²) in [6.07, 6.45) is 4.93. The molecule has 138 valence electrons. The molecule has 2 aliphatic rings. The Morgan fingerprint density at radius 3 is 3.00 bits per heavy atom. The van der Waals surface area contributed by atoms with E-state index < -0.39 is 5.97 Å². The lowest BCUT2D eigenvalue weighted by Gasteiger charge is -2.45. The predicted molar refractivity (Wildman–Crippen MR) is 98.9 cm³/mol. The number of β-lactam (4-membered cyclic amide) rings is 1. The van der Waals surface area contributed by atoms with Crippen LogP contribution in [0.25, 0.3) is 4.83 Å². The quantitative estimate of drug-likeness (QED) is 0.697. The molecule has 26 heavy (non-hydrogen) atoms. The number of aliphatic carboxylic acids is 1. The lowest BCUT2D eigenvalue weighted by atomic mass is 9.80. The molecule has 2 aliphatic heterocycles. The zero-order valence-corrected chi connectivity index (χ0v) is 15.8. The van der Waals surface area contributed by atoms with Gasteiger partial charge in [0.2, 0.25) is 5.91 Å². The Morgan fingerprint density at radius 2 is 2.27 bits per heavy atom. The molecule has 0 radical (unpaired) electrons. The molecular weight excluding hydrogens is 374 g/mol. The number of aliphatic hydroxyl groups is 1. The molecule has 1 amide bonds. The van der Waals surface area contributed by atoms with Crippen LogP contribution in [-0.2, 0) is 16.0 Å². The maximum atomic E-state index is 12.3.